The molecule has 4 aromatic rings. The third-order valence-electron chi connectivity index (χ3n) is 6.61. The number of ketones is 1. The molecule has 0 heterocycles. The van der Waals surface area contributed by atoms with Crippen LogP contribution in [0.1, 0.15) is 44.5 Å². The van der Waals surface area contributed by atoms with E-state index in [1.807, 2.05) is 97.1 Å². The van der Waals surface area contributed by atoms with Crippen LogP contribution in [0.25, 0.3) is 22.3 Å². The van der Waals surface area contributed by atoms with Crippen molar-refractivity contribution in [3.63, 3.8) is 0 Å². The van der Waals surface area contributed by atoms with Crippen LogP contribution < -0.4 is 0 Å². The van der Waals surface area contributed by atoms with Gasteiger partial charge in [0.25, 0.3) is 0 Å². The van der Waals surface area contributed by atoms with Crippen molar-refractivity contribution in [2.45, 2.75) is 0 Å². The molecule has 0 spiro atoms. The van der Waals surface area contributed by atoms with Crippen LogP contribution in [0.5, 0.6) is 0 Å². The zero-order chi connectivity index (χ0) is 26.6. The molecule has 4 aromatic carbocycles. The standard InChI is InChI=1S/C37H20O/c1-5-25-17-9-13-21-29(25)33-34(30-22-14-10-18-26(30)6-2)36(32-24-16-12-20-28(32)8-4)37(38)35(33)31-23-15-11-19-27(31)7-3/h1-4,9-24H. The second-order valence-corrected chi connectivity index (χ2v) is 8.59. The summed E-state index contributed by atoms with van der Waals surface area (Å²) in [6.45, 7) is 0. The van der Waals surface area contributed by atoms with Crippen molar-refractivity contribution in [2.75, 3.05) is 0 Å². The van der Waals surface area contributed by atoms with Crippen molar-refractivity contribution in [1.82, 2.24) is 0 Å². The van der Waals surface area contributed by atoms with E-state index in [4.69, 9.17) is 25.7 Å². The molecule has 174 valence electrons. The van der Waals surface area contributed by atoms with Crippen LogP contribution in [0.2, 0.25) is 0 Å². The number of benzene rings is 4. The molecular weight excluding hydrogens is 460 g/mol. The topological polar surface area (TPSA) is 17.1 Å². The number of hydrogen-bond donors (Lipinski definition) is 0. The molecule has 38 heavy (non-hydrogen) atoms. The molecule has 0 radical (unpaired) electrons. The Morgan fingerprint density at radius 3 is 0.868 bits per heavy atom. The molecule has 0 saturated carbocycles. The second kappa shape index (κ2) is 10.1. The van der Waals surface area contributed by atoms with E-state index in [1.165, 1.54) is 0 Å². The minimum absolute atomic E-state index is 0.195. The first-order valence-electron chi connectivity index (χ1n) is 11.9. The Labute approximate surface area is 223 Å². The number of allylic oxidation sites excluding steroid dienone is 4. The summed E-state index contributed by atoms with van der Waals surface area (Å²) in [4.78, 5) is 14.7. The molecule has 1 nitrogen and oxygen atoms in total. The summed E-state index contributed by atoms with van der Waals surface area (Å²) >= 11 is 0. The summed E-state index contributed by atoms with van der Waals surface area (Å²) in [7, 11) is 0. The molecule has 1 aliphatic carbocycles. The highest BCUT2D eigenvalue weighted by Crippen LogP contribution is 2.51. The third-order valence-corrected chi connectivity index (χ3v) is 6.61. The molecule has 1 heteroatoms. The molecule has 0 aromatic heterocycles. The lowest BCUT2D eigenvalue weighted by atomic mass is 9.85. The quantitative estimate of drug-likeness (QED) is 0.297. The predicted octanol–water partition coefficient (Wildman–Crippen LogP) is 6.72. The first kappa shape index (κ1) is 24.0. The Bertz CT molecular complexity index is 1730. The number of Topliss-reactive ketones (excluding diaryl/α,β-unsaturated/α-hetero) is 1. The monoisotopic (exact) mass is 480 g/mol. The van der Waals surface area contributed by atoms with Crippen LogP contribution in [0.3, 0.4) is 0 Å². The summed E-state index contributed by atoms with van der Waals surface area (Å²) in [5.41, 5.74) is 7.53. The van der Waals surface area contributed by atoms with Gasteiger partial charge in [0.2, 0.25) is 0 Å². The average molecular weight is 481 g/mol. The van der Waals surface area contributed by atoms with E-state index < -0.39 is 0 Å². The largest absolute Gasteiger partial charge is 0.289 e. The minimum atomic E-state index is -0.195. The van der Waals surface area contributed by atoms with E-state index >= 15 is 0 Å². The lowest BCUT2D eigenvalue weighted by Gasteiger charge is -2.17. The van der Waals surface area contributed by atoms with Crippen LogP contribution in [0.4, 0.5) is 0 Å². The van der Waals surface area contributed by atoms with Crippen LogP contribution in [0.15, 0.2) is 97.1 Å². The molecule has 0 N–H and O–H groups in total. The van der Waals surface area contributed by atoms with Crippen LogP contribution in [-0.2, 0) is 4.79 Å². The number of hydrogen-bond acceptors (Lipinski definition) is 1. The van der Waals surface area contributed by atoms with Crippen molar-refractivity contribution in [3.8, 4) is 49.4 Å². The number of carbonyl (C=O) groups excluding carboxylic acids is 1. The van der Waals surface area contributed by atoms with Gasteiger partial charge in [0.05, 0.1) is 0 Å². The third kappa shape index (κ3) is 3.83. The summed E-state index contributed by atoms with van der Waals surface area (Å²) in [6, 6.07) is 29.9. The normalized spacial score (nSPS) is 12.5. The number of rotatable bonds is 4. The highest BCUT2D eigenvalue weighted by molar-refractivity contribution is 6.59. The van der Waals surface area contributed by atoms with Gasteiger partial charge in [-0.2, -0.15) is 0 Å². The molecule has 5 rings (SSSR count). The van der Waals surface area contributed by atoms with Crippen molar-refractivity contribution < 1.29 is 4.79 Å². The molecule has 1 aliphatic rings. The van der Waals surface area contributed by atoms with Crippen molar-refractivity contribution in [1.29, 1.82) is 0 Å². The van der Waals surface area contributed by atoms with Gasteiger partial charge in [0.1, 0.15) is 0 Å². The maximum atomic E-state index is 14.7. The minimum Gasteiger partial charge on any atom is -0.289 e. The van der Waals surface area contributed by atoms with E-state index in [9.17, 15) is 4.79 Å². The summed E-state index contributed by atoms with van der Waals surface area (Å²) in [6.07, 6.45) is 23.7. The molecule has 0 aliphatic heterocycles. The van der Waals surface area contributed by atoms with E-state index in [-0.39, 0.29) is 5.78 Å². The van der Waals surface area contributed by atoms with Crippen molar-refractivity contribution in [3.05, 3.63) is 142 Å². The summed E-state index contributed by atoms with van der Waals surface area (Å²) in [5, 5.41) is 0. The van der Waals surface area contributed by atoms with Crippen LogP contribution >= 0.6 is 0 Å². The molecule has 0 fully saturated rings. The fraction of sp³-hybridized carbons (Fsp3) is 0. The van der Waals surface area contributed by atoms with Gasteiger partial charge in [-0.1, -0.05) is 96.5 Å². The molecule has 0 atom stereocenters. The SMILES string of the molecule is C#Cc1ccccc1C1=C(c2ccccc2C#C)C(c2ccccc2C#C)=C(c2ccccc2C#C)C1=O. The first-order chi connectivity index (χ1) is 18.6. The van der Waals surface area contributed by atoms with Gasteiger partial charge in [-0.25, -0.2) is 0 Å². The maximum Gasteiger partial charge on any atom is 0.195 e. The zero-order valence-corrected chi connectivity index (χ0v) is 20.5. The summed E-state index contributed by atoms with van der Waals surface area (Å²) in [5.74, 6) is 10.9. The van der Waals surface area contributed by atoms with E-state index in [0.717, 1.165) is 11.1 Å². The summed E-state index contributed by atoms with van der Waals surface area (Å²) < 4.78 is 0. The Balaban J connectivity index is 2.03. The van der Waals surface area contributed by atoms with Crippen molar-refractivity contribution in [2.24, 2.45) is 0 Å². The van der Waals surface area contributed by atoms with Gasteiger partial charge in [-0.15, -0.1) is 25.7 Å². The van der Waals surface area contributed by atoms with Crippen LogP contribution in [0, 0.1) is 49.4 Å². The highest BCUT2D eigenvalue weighted by atomic mass is 16.1. The maximum absolute atomic E-state index is 14.7. The van der Waals surface area contributed by atoms with Gasteiger partial charge in [-0.3, -0.25) is 4.79 Å². The Morgan fingerprint density at radius 2 is 0.605 bits per heavy atom. The molecule has 0 saturated heterocycles. The highest BCUT2D eigenvalue weighted by Gasteiger charge is 2.38. The average Bonchev–Trinajstić information content (AvgIpc) is 3.28. The zero-order valence-electron chi connectivity index (χ0n) is 20.5. The van der Waals surface area contributed by atoms with Gasteiger partial charge in [0.15, 0.2) is 5.78 Å². The van der Waals surface area contributed by atoms with Gasteiger partial charge in [-0.05, 0) is 35.4 Å². The van der Waals surface area contributed by atoms with Gasteiger partial charge >= 0.3 is 0 Å². The van der Waals surface area contributed by atoms with Gasteiger partial charge < -0.3 is 0 Å². The van der Waals surface area contributed by atoms with E-state index in [0.29, 0.717) is 55.7 Å². The van der Waals surface area contributed by atoms with Gasteiger partial charge in [0, 0.05) is 55.7 Å². The molecular formula is C37H20O. The Morgan fingerprint density at radius 1 is 0.368 bits per heavy atom. The first-order valence-corrected chi connectivity index (χ1v) is 11.9. The molecule has 0 unspecified atom stereocenters. The lowest BCUT2D eigenvalue weighted by molar-refractivity contribution is -0.108. The van der Waals surface area contributed by atoms with Crippen molar-refractivity contribution >= 4 is 28.1 Å². The predicted molar refractivity (Wildman–Crippen MR) is 156 cm³/mol. The Kier molecular flexibility index (Phi) is 6.37. The van der Waals surface area contributed by atoms with Crippen LogP contribution in [-0.4, -0.2) is 5.78 Å². The molecule has 0 bridgehead atoms. The fourth-order valence-electron chi connectivity index (χ4n) is 4.96. The number of carbonyl (C=O) groups is 1. The fourth-order valence-corrected chi connectivity index (χ4v) is 4.96. The number of terminal acetylenes is 4. The van der Waals surface area contributed by atoms with E-state index in [2.05, 4.69) is 23.7 Å². The Hall–Kier alpha value is -5.73. The smallest absolute Gasteiger partial charge is 0.195 e. The lowest BCUT2D eigenvalue weighted by Crippen LogP contribution is -2.05. The second-order valence-electron chi connectivity index (χ2n) is 8.59. The van der Waals surface area contributed by atoms with E-state index in [1.54, 1.807) is 0 Å². The molecule has 0 amide bonds.